The molecule has 0 saturated heterocycles. The lowest BCUT2D eigenvalue weighted by atomic mass is 10.4. The van der Waals surface area contributed by atoms with Crippen molar-refractivity contribution in [2.24, 2.45) is 0 Å². The zero-order chi connectivity index (χ0) is 13.8. The van der Waals surface area contributed by atoms with Crippen molar-refractivity contribution in [3.63, 3.8) is 0 Å². The number of rotatable bonds is 5. The fourth-order valence-corrected chi connectivity index (χ4v) is 2.24. The third-order valence-corrected chi connectivity index (χ3v) is 2.99. The summed E-state index contributed by atoms with van der Waals surface area (Å²) < 4.78 is 5.06. The molecule has 0 bridgehead atoms. The number of aromatic nitrogens is 3. The molecule has 0 aliphatic rings. The van der Waals surface area contributed by atoms with Gasteiger partial charge in [-0.1, -0.05) is 0 Å². The molecule has 0 fully saturated rings. The predicted octanol–water partition coefficient (Wildman–Crippen LogP) is 2.26. The lowest BCUT2D eigenvalue weighted by Gasteiger charge is -2.06. The number of hydrogen-bond acceptors (Lipinski definition) is 8. The average molecular weight is 281 g/mol. The Balaban J connectivity index is 2.44. The molecular formula is C10H11N5O3S. The molecule has 0 atom stereocenters. The van der Waals surface area contributed by atoms with Gasteiger partial charge in [-0.15, -0.1) is 0 Å². The lowest BCUT2D eigenvalue weighted by Crippen LogP contribution is -2.07. The van der Waals surface area contributed by atoms with E-state index in [1.54, 1.807) is 6.92 Å². The van der Waals surface area contributed by atoms with Gasteiger partial charge in [0.1, 0.15) is 12.0 Å². The van der Waals surface area contributed by atoms with E-state index >= 15 is 0 Å². The van der Waals surface area contributed by atoms with Crippen LogP contribution >= 0.6 is 11.8 Å². The van der Waals surface area contributed by atoms with Crippen molar-refractivity contribution in [3.8, 4) is 0 Å². The highest BCUT2D eigenvalue weighted by molar-refractivity contribution is 7.99. The first-order valence-electron chi connectivity index (χ1n) is 5.46. The molecule has 0 spiro atoms. The molecule has 0 saturated carbocycles. The molecule has 0 unspecified atom stereocenters. The summed E-state index contributed by atoms with van der Waals surface area (Å²) in [6, 6.07) is 0. The van der Waals surface area contributed by atoms with E-state index in [0.29, 0.717) is 23.4 Å². The van der Waals surface area contributed by atoms with Gasteiger partial charge in [0, 0.05) is 6.54 Å². The molecule has 0 radical (unpaired) electrons. The second-order valence-electron chi connectivity index (χ2n) is 3.47. The Morgan fingerprint density at radius 3 is 2.89 bits per heavy atom. The standard InChI is InChI=1S/C10H11N5O3S/c1-3-11-9-13-6(2)7(15(16)17)8(14-9)19-10-12-4-5-18-10/h4-5H,3H2,1-2H3,(H,11,13,14). The molecule has 9 heteroatoms. The molecule has 100 valence electrons. The molecule has 0 aromatic carbocycles. The van der Waals surface area contributed by atoms with Crippen molar-refractivity contribution >= 4 is 23.4 Å². The molecule has 0 aliphatic carbocycles. The van der Waals surface area contributed by atoms with Gasteiger partial charge in [0.15, 0.2) is 5.03 Å². The van der Waals surface area contributed by atoms with Gasteiger partial charge < -0.3 is 9.73 Å². The van der Waals surface area contributed by atoms with E-state index in [9.17, 15) is 10.1 Å². The predicted molar refractivity (Wildman–Crippen MR) is 68.2 cm³/mol. The Hall–Kier alpha value is -2.16. The normalized spacial score (nSPS) is 10.4. The Morgan fingerprint density at radius 1 is 1.53 bits per heavy atom. The van der Waals surface area contributed by atoms with Crippen molar-refractivity contribution in [3.05, 3.63) is 28.3 Å². The van der Waals surface area contributed by atoms with Crippen LogP contribution in [0.25, 0.3) is 0 Å². The molecule has 2 aromatic rings. The maximum Gasteiger partial charge on any atom is 0.323 e. The zero-order valence-corrected chi connectivity index (χ0v) is 11.1. The number of anilines is 1. The third kappa shape index (κ3) is 2.99. The molecule has 19 heavy (non-hydrogen) atoms. The van der Waals surface area contributed by atoms with Crippen LogP contribution in [0.4, 0.5) is 11.6 Å². The molecule has 8 nitrogen and oxygen atoms in total. The minimum absolute atomic E-state index is 0.134. The Bertz CT molecular complexity index is 587. The summed E-state index contributed by atoms with van der Waals surface area (Å²) in [6.07, 6.45) is 2.86. The van der Waals surface area contributed by atoms with Gasteiger partial charge >= 0.3 is 5.69 Å². The largest absolute Gasteiger partial charge is 0.440 e. The summed E-state index contributed by atoms with van der Waals surface area (Å²) in [5, 5.41) is 14.5. The Labute approximate surface area is 112 Å². The fourth-order valence-electron chi connectivity index (χ4n) is 1.40. The van der Waals surface area contributed by atoms with Crippen molar-refractivity contribution in [1.29, 1.82) is 0 Å². The van der Waals surface area contributed by atoms with Gasteiger partial charge in [0.2, 0.25) is 5.95 Å². The number of hydrogen-bond donors (Lipinski definition) is 1. The first-order valence-corrected chi connectivity index (χ1v) is 6.27. The minimum atomic E-state index is -0.504. The number of nitrogens with one attached hydrogen (secondary N) is 1. The molecule has 2 heterocycles. The van der Waals surface area contributed by atoms with Crippen LogP contribution in [0.5, 0.6) is 0 Å². The van der Waals surface area contributed by atoms with Crippen molar-refractivity contribution < 1.29 is 9.34 Å². The van der Waals surface area contributed by atoms with E-state index in [1.807, 2.05) is 6.92 Å². The summed E-state index contributed by atoms with van der Waals surface area (Å²) in [7, 11) is 0. The van der Waals surface area contributed by atoms with Crippen LogP contribution in [-0.4, -0.2) is 26.4 Å². The van der Waals surface area contributed by atoms with Crippen LogP contribution in [0.1, 0.15) is 12.6 Å². The SMILES string of the molecule is CCNc1nc(C)c([N+](=O)[O-])c(Sc2ncco2)n1. The minimum Gasteiger partial charge on any atom is -0.440 e. The number of oxazole rings is 1. The van der Waals surface area contributed by atoms with Crippen molar-refractivity contribution in [2.75, 3.05) is 11.9 Å². The number of nitrogens with zero attached hydrogens (tertiary/aromatic N) is 4. The highest BCUT2D eigenvalue weighted by Crippen LogP contribution is 2.34. The van der Waals surface area contributed by atoms with Crippen molar-refractivity contribution in [2.45, 2.75) is 24.1 Å². The van der Waals surface area contributed by atoms with Gasteiger partial charge in [0.05, 0.1) is 11.1 Å². The van der Waals surface area contributed by atoms with Crippen LogP contribution in [-0.2, 0) is 0 Å². The summed E-state index contributed by atoms with van der Waals surface area (Å²) in [6.45, 7) is 4.08. The van der Waals surface area contributed by atoms with Gasteiger partial charge in [-0.3, -0.25) is 10.1 Å². The molecule has 2 rings (SSSR count). The lowest BCUT2D eigenvalue weighted by molar-refractivity contribution is -0.389. The number of aryl methyl sites for hydroxylation is 1. The summed E-state index contributed by atoms with van der Waals surface area (Å²) in [5.41, 5.74) is 0.162. The monoisotopic (exact) mass is 281 g/mol. The van der Waals surface area contributed by atoms with E-state index in [-0.39, 0.29) is 10.7 Å². The summed E-state index contributed by atoms with van der Waals surface area (Å²) >= 11 is 0.993. The van der Waals surface area contributed by atoms with E-state index < -0.39 is 4.92 Å². The average Bonchev–Trinajstić information content (AvgIpc) is 2.81. The van der Waals surface area contributed by atoms with Gasteiger partial charge in [0.25, 0.3) is 5.22 Å². The van der Waals surface area contributed by atoms with Crippen LogP contribution in [0, 0.1) is 17.0 Å². The smallest absolute Gasteiger partial charge is 0.323 e. The molecular weight excluding hydrogens is 270 g/mol. The highest BCUT2D eigenvalue weighted by Gasteiger charge is 2.24. The van der Waals surface area contributed by atoms with E-state index in [1.165, 1.54) is 12.5 Å². The first-order chi connectivity index (χ1) is 9.11. The third-order valence-electron chi connectivity index (χ3n) is 2.14. The Kier molecular flexibility index (Phi) is 3.95. The summed E-state index contributed by atoms with van der Waals surface area (Å²) in [4.78, 5) is 22.7. The van der Waals surface area contributed by atoms with Crippen molar-refractivity contribution in [1.82, 2.24) is 15.0 Å². The molecule has 2 aromatic heterocycles. The fraction of sp³-hybridized carbons (Fsp3) is 0.300. The van der Waals surface area contributed by atoms with Crippen LogP contribution in [0.2, 0.25) is 0 Å². The number of nitro groups is 1. The summed E-state index contributed by atoms with van der Waals surface area (Å²) in [5.74, 6) is 0.347. The van der Waals surface area contributed by atoms with Gasteiger partial charge in [-0.05, 0) is 25.6 Å². The van der Waals surface area contributed by atoms with Crippen LogP contribution in [0.15, 0.2) is 27.1 Å². The van der Waals surface area contributed by atoms with Gasteiger partial charge in [-0.2, -0.15) is 4.98 Å². The highest BCUT2D eigenvalue weighted by atomic mass is 32.2. The van der Waals surface area contributed by atoms with E-state index in [0.717, 1.165) is 11.8 Å². The maximum absolute atomic E-state index is 11.1. The molecule has 1 N–H and O–H groups in total. The van der Waals surface area contributed by atoms with E-state index in [4.69, 9.17) is 4.42 Å². The Morgan fingerprint density at radius 2 is 2.32 bits per heavy atom. The molecule has 0 aliphatic heterocycles. The zero-order valence-electron chi connectivity index (χ0n) is 10.3. The second-order valence-corrected chi connectivity index (χ2v) is 4.41. The topological polar surface area (TPSA) is 107 Å². The molecule has 0 amide bonds. The quantitative estimate of drug-likeness (QED) is 0.505. The van der Waals surface area contributed by atoms with Crippen LogP contribution < -0.4 is 5.32 Å². The van der Waals surface area contributed by atoms with Crippen LogP contribution in [0.3, 0.4) is 0 Å². The maximum atomic E-state index is 11.1. The van der Waals surface area contributed by atoms with Gasteiger partial charge in [-0.25, -0.2) is 9.97 Å². The second kappa shape index (κ2) is 5.65. The first kappa shape index (κ1) is 13.3. The van der Waals surface area contributed by atoms with E-state index in [2.05, 4.69) is 20.3 Å².